The summed E-state index contributed by atoms with van der Waals surface area (Å²) in [6.45, 7) is 4.44. The monoisotopic (exact) mass is 331 g/mol. The number of amides is 1. The number of ether oxygens (including phenoxy) is 2. The summed E-state index contributed by atoms with van der Waals surface area (Å²) in [6.07, 6.45) is 6.66. The maximum atomic E-state index is 12.8. The van der Waals surface area contributed by atoms with Gasteiger partial charge in [-0.3, -0.25) is 9.18 Å². The van der Waals surface area contributed by atoms with Crippen LogP contribution >= 0.6 is 0 Å². The van der Waals surface area contributed by atoms with E-state index in [4.69, 9.17) is 9.53 Å². The number of halogens is 1. The van der Waals surface area contributed by atoms with Gasteiger partial charge in [-0.1, -0.05) is 26.7 Å². The highest BCUT2D eigenvalue weighted by Crippen LogP contribution is 2.66. The molecule has 3 aliphatic rings. The minimum absolute atomic E-state index is 0.0562. The predicted octanol–water partition coefficient (Wildman–Crippen LogP) is 3.56. The Morgan fingerprint density at radius 3 is 2.17 bits per heavy atom. The Morgan fingerprint density at radius 2 is 1.83 bits per heavy atom. The van der Waals surface area contributed by atoms with Crippen molar-refractivity contribution in [3.63, 3.8) is 0 Å². The van der Waals surface area contributed by atoms with Crippen molar-refractivity contribution < 1.29 is 23.5 Å². The standard InChI is InChI=1S/C11H16FNO2.C4H10.C2H4O2/c1-15-10(14)13-8-3-5-11(8)4-2-7(6-12)9(11)13;1-3-4-2;1-4-2-3/h7-9H,2-6H2,1H3;3-4H2,1-2H3;2H,1H3. The molecular weight excluding hydrogens is 301 g/mol. The summed E-state index contributed by atoms with van der Waals surface area (Å²) in [7, 11) is 2.72. The number of nitrogens with zero attached hydrogens (tertiary/aromatic N) is 1. The van der Waals surface area contributed by atoms with Gasteiger partial charge in [-0.2, -0.15) is 0 Å². The highest BCUT2D eigenvalue weighted by Gasteiger charge is 2.71. The van der Waals surface area contributed by atoms with Gasteiger partial charge in [0.05, 0.1) is 20.9 Å². The lowest BCUT2D eigenvalue weighted by molar-refractivity contribution is -0.179. The van der Waals surface area contributed by atoms with Crippen molar-refractivity contribution in [2.75, 3.05) is 20.9 Å². The fourth-order valence-corrected chi connectivity index (χ4v) is 4.05. The van der Waals surface area contributed by atoms with Crippen molar-refractivity contribution in [1.29, 1.82) is 0 Å². The predicted molar refractivity (Wildman–Crippen MR) is 85.8 cm³/mol. The van der Waals surface area contributed by atoms with Crippen LogP contribution in [0.25, 0.3) is 0 Å². The van der Waals surface area contributed by atoms with Crippen molar-refractivity contribution in [3.05, 3.63) is 0 Å². The molecule has 3 fully saturated rings. The maximum Gasteiger partial charge on any atom is 0.410 e. The Kier molecular flexibility index (Phi) is 7.79. The number of carbonyl (C=O) groups is 2. The average Bonchev–Trinajstić information content (AvgIpc) is 2.96. The van der Waals surface area contributed by atoms with Gasteiger partial charge >= 0.3 is 6.09 Å². The van der Waals surface area contributed by atoms with E-state index in [9.17, 15) is 9.18 Å². The molecule has 0 N–H and O–H groups in total. The van der Waals surface area contributed by atoms with E-state index in [0.29, 0.717) is 12.5 Å². The van der Waals surface area contributed by atoms with E-state index in [1.807, 2.05) is 0 Å². The van der Waals surface area contributed by atoms with E-state index >= 15 is 0 Å². The Morgan fingerprint density at radius 1 is 1.26 bits per heavy atom. The number of hydrogen-bond acceptors (Lipinski definition) is 4. The fraction of sp³-hybridized carbons (Fsp3) is 0.882. The number of rotatable bonds is 3. The minimum atomic E-state index is -0.299. The van der Waals surface area contributed by atoms with Gasteiger partial charge in [0.25, 0.3) is 6.47 Å². The van der Waals surface area contributed by atoms with Gasteiger partial charge in [0.1, 0.15) is 0 Å². The van der Waals surface area contributed by atoms with E-state index in [0.717, 1.165) is 19.3 Å². The van der Waals surface area contributed by atoms with Gasteiger partial charge in [-0.15, -0.1) is 0 Å². The van der Waals surface area contributed by atoms with E-state index in [1.165, 1.54) is 33.5 Å². The molecule has 0 aromatic heterocycles. The van der Waals surface area contributed by atoms with Crippen molar-refractivity contribution in [3.8, 4) is 0 Å². The molecule has 0 aromatic rings. The normalized spacial score (nSPS) is 32.4. The molecule has 4 unspecified atom stereocenters. The van der Waals surface area contributed by atoms with Crippen molar-refractivity contribution in [2.45, 2.75) is 64.5 Å². The smallest absolute Gasteiger partial charge is 0.410 e. The van der Waals surface area contributed by atoms with Crippen LogP contribution in [0, 0.1) is 11.3 Å². The number of methoxy groups -OCH3 is 2. The largest absolute Gasteiger partial charge is 0.471 e. The zero-order chi connectivity index (χ0) is 17.5. The number of likely N-dealkylation sites (tertiary alicyclic amines) is 1. The summed E-state index contributed by atoms with van der Waals surface area (Å²) in [4.78, 5) is 22.3. The van der Waals surface area contributed by atoms with Gasteiger partial charge in [0.15, 0.2) is 0 Å². The third kappa shape index (κ3) is 3.61. The lowest BCUT2D eigenvalue weighted by Crippen LogP contribution is -2.77. The first-order valence-electron chi connectivity index (χ1n) is 8.46. The molecule has 134 valence electrons. The second-order valence-electron chi connectivity index (χ2n) is 6.39. The SMILES string of the molecule is CCCC.COC(=O)N1C2CCC23CCC(CF)C13.COC=O. The molecule has 23 heavy (non-hydrogen) atoms. The first-order valence-corrected chi connectivity index (χ1v) is 8.46. The first kappa shape index (κ1) is 19.7. The molecule has 0 bridgehead atoms. The minimum Gasteiger partial charge on any atom is -0.471 e. The number of unbranched alkanes of at least 4 members (excludes halogenated alkanes) is 1. The highest BCUT2D eigenvalue weighted by molar-refractivity contribution is 5.71. The lowest BCUT2D eigenvalue weighted by Gasteiger charge is -2.68. The molecule has 2 saturated carbocycles. The molecule has 1 spiro atoms. The summed E-state index contributed by atoms with van der Waals surface area (Å²) < 4.78 is 21.5. The Bertz CT molecular complexity index is 391. The number of alkyl halides is 1. The van der Waals surface area contributed by atoms with Gasteiger partial charge in [-0.25, -0.2) is 4.79 Å². The number of hydrogen-bond donors (Lipinski definition) is 0. The molecule has 4 atom stereocenters. The molecule has 6 heteroatoms. The molecule has 0 aromatic carbocycles. The highest BCUT2D eigenvalue weighted by atomic mass is 19.1. The van der Waals surface area contributed by atoms with E-state index < -0.39 is 0 Å². The molecule has 2 aliphatic carbocycles. The molecule has 1 aliphatic heterocycles. The molecule has 3 rings (SSSR count). The second kappa shape index (κ2) is 9.08. The van der Waals surface area contributed by atoms with Crippen LogP contribution in [0.1, 0.15) is 52.4 Å². The summed E-state index contributed by atoms with van der Waals surface area (Å²) in [5, 5.41) is 0. The van der Waals surface area contributed by atoms with Crippen molar-refractivity contribution >= 4 is 12.6 Å². The Labute approximate surface area is 138 Å². The van der Waals surface area contributed by atoms with Crippen LogP contribution in [-0.2, 0) is 14.3 Å². The number of piperidine rings is 1. The van der Waals surface area contributed by atoms with Crippen LogP contribution < -0.4 is 0 Å². The zero-order valence-corrected chi connectivity index (χ0v) is 14.7. The van der Waals surface area contributed by atoms with Crippen molar-refractivity contribution in [1.82, 2.24) is 4.90 Å². The van der Waals surface area contributed by atoms with Gasteiger partial charge in [0.2, 0.25) is 0 Å². The Hall–Kier alpha value is -1.33. The average molecular weight is 331 g/mol. The molecule has 1 saturated heterocycles. The third-order valence-electron chi connectivity index (χ3n) is 5.38. The number of carbonyl (C=O) groups excluding carboxylic acids is 2. The van der Waals surface area contributed by atoms with Crippen LogP contribution in [-0.4, -0.2) is 50.4 Å². The summed E-state index contributed by atoms with van der Waals surface area (Å²) in [5.74, 6) is 0.0562. The summed E-state index contributed by atoms with van der Waals surface area (Å²) in [5.41, 5.74) is 0.283. The summed E-state index contributed by atoms with van der Waals surface area (Å²) in [6, 6.07) is 0.486. The first-order chi connectivity index (χ1) is 11.1. The van der Waals surface area contributed by atoms with Crippen LogP contribution in [0.2, 0.25) is 0 Å². The van der Waals surface area contributed by atoms with Crippen LogP contribution in [0.5, 0.6) is 0 Å². The Balaban J connectivity index is 0.000000281. The molecular formula is C17H30FNO4. The third-order valence-corrected chi connectivity index (χ3v) is 5.38. The second-order valence-corrected chi connectivity index (χ2v) is 6.39. The van der Waals surface area contributed by atoms with E-state index in [1.54, 1.807) is 4.90 Å². The van der Waals surface area contributed by atoms with Crippen LogP contribution in [0.15, 0.2) is 0 Å². The van der Waals surface area contributed by atoms with Gasteiger partial charge < -0.3 is 14.4 Å². The zero-order valence-electron chi connectivity index (χ0n) is 14.7. The van der Waals surface area contributed by atoms with Gasteiger partial charge in [-0.05, 0) is 25.7 Å². The van der Waals surface area contributed by atoms with E-state index in [-0.39, 0.29) is 30.1 Å². The lowest BCUT2D eigenvalue weighted by atomic mass is 9.53. The topological polar surface area (TPSA) is 55.8 Å². The van der Waals surface area contributed by atoms with Crippen LogP contribution in [0.4, 0.5) is 9.18 Å². The molecule has 1 heterocycles. The summed E-state index contributed by atoms with van der Waals surface area (Å²) >= 11 is 0. The van der Waals surface area contributed by atoms with Gasteiger partial charge in [0, 0.05) is 23.4 Å². The quantitative estimate of drug-likeness (QED) is 0.742. The molecule has 0 radical (unpaired) electrons. The maximum absolute atomic E-state index is 12.8. The van der Waals surface area contributed by atoms with Crippen molar-refractivity contribution in [2.24, 2.45) is 11.3 Å². The fourth-order valence-electron chi connectivity index (χ4n) is 4.05. The van der Waals surface area contributed by atoms with E-state index in [2.05, 4.69) is 18.6 Å². The molecule has 5 nitrogen and oxygen atoms in total. The van der Waals surface area contributed by atoms with Crippen LogP contribution in [0.3, 0.4) is 0 Å². The molecule has 1 amide bonds.